The van der Waals surface area contributed by atoms with Crippen molar-refractivity contribution >= 4 is 74.3 Å². The SMILES string of the molecule is Cc1ccccc1N1c2cc3c(cc2B2c4ccc5c(c4N(c4ccccc4C)c4cc(N(c6ccc(C(C)(C)C)cc6)c6ccc(C(C)(C)C)cc6)cc1c42)CC(C)(C)C5)CC(C)(C)C3. The number of para-hydroxylation sites is 2. The second-order valence-electron chi connectivity index (χ2n) is 23.9. The Morgan fingerprint density at radius 3 is 1.48 bits per heavy atom. The fourth-order valence-corrected chi connectivity index (χ4v) is 12.1. The number of nitrogens with zero attached hydrogens (tertiary/aromatic N) is 3. The van der Waals surface area contributed by atoms with Crippen molar-refractivity contribution in [2.24, 2.45) is 10.8 Å². The lowest BCUT2D eigenvalue weighted by atomic mass is 9.33. The summed E-state index contributed by atoms with van der Waals surface area (Å²) in [5.41, 5.74) is 27.0. The third-order valence-corrected chi connectivity index (χ3v) is 15.4. The number of aryl methyl sites for hydroxylation is 2. The molecule has 0 amide bonds. The van der Waals surface area contributed by atoms with E-state index in [0.717, 1.165) is 42.7 Å². The predicted molar refractivity (Wildman–Crippen MR) is 284 cm³/mol. The van der Waals surface area contributed by atoms with E-state index in [4.69, 9.17) is 0 Å². The van der Waals surface area contributed by atoms with Gasteiger partial charge in [-0.3, -0.25) is 0 Å². The number of benzene rings is 7. The summed E-state index contributed by atoms with van der Waals surface area (Å²) in [5, 5.41) is 0. The molecule has 0 aromatic heterocycles. The molecule has 11 rings (SSSR count). The maximum Gasteiger partial charge on any atom is 0.252 e. The molecular weight excluding hydrogens is 798 g/mol. The Morgan fingerprint density at radius 1 is 0.455 bits per heavy atom. The molecule has 332 valence electrons. The largest absolute Gasteiger partial charge is 0.311 e. The second-order valence-corrected chi connectivity index (χ2v) is 23.9. The van der Waals surface area contributed by atoms with Crippen LogP contribution in [-0.4, -0.2) is 6.71 Å². The molecule has 0 unspecified atom stereocenters. The maximum absolute atomic E-state index is 2.70. The van der Waals surface area contributed by atoms with Crippen LogP contribution in [0.15, 0.2) is 133 Å². The fraction of sp³-hybridized carbons (Fsp3) is 0.323. The van der Waals surface area contributed by atoms with E-state index in [1.54, 1.807) is 0 Å². The molecule has 7 aromatic rings. The van der Waals surface area contributed by atoms with Gasteiger partial charge >= 0.3 is 0 Å². The fourth-order valence-electron chi connectivity index (χ4n) is 12.1. The molecule has 0 fully saturated rings. The lowest BCUT2D eigenvalue weighted by Gasteiger charge is -2.46. The summed E-state index contributed by atoms with van der Waals surface area (Å²) in [4.78, 5) is 7.87. The average molecular weight is 864 g/mol. The van der Waals surface area contributed by atoms with Crippen LogP contribution in [0, 0.1) is 24.7 Å². The van der Waals surface area contributed by atoms with Gasteiger partial charge in [0.15, 0.2) is 0 Å². The molecule has 4 aliphatic rings. The van der Waals surface area contributed by atoms with Gasteiger partial charge in [0.1, 0.15) is 0 Å². The Kier molecular flexibility index (Phi) is 9.53. The number of anilines is 9. The van der Waals surface area contributed by atoms with Crippen LogP contribution < -0.4 is 31.1 Å². The molecule has 0 atom stereocenters. The van der Waals surface area contributed by atoms with Gasteiger partial charge in [0, 0.05) is 45.5 Å². The summed E-state index contributed by atoms with van der Waals surface area (Å²) in [6.07, 6.45) is 4.32. The first-order chi connectivity index (χ1) is 31.3. The van der Waals surface area contributed by atoms with Gasteiger partial charge in [-0.25, -0.2) is 0 Å². The molecule has 0 radical (unpaired) electrons. The average Bonchev–Trinajstić information content (AvgIpc) is 3.75. The monoisotopic (exact) mass is 864 g/mol. The van der Waals surface area contributed by atoms with Crippen LogP contribution in [0.25, 0.3) is 0 Å². The van der Waals surface area contributed by atoms with Crippen LogP contribution >= 0.6 is 0 Å². The standard InChI is InChI=1S/C62H66BN3/c1-39-17-13-15-19-52(39)65-54-32-43-37-61(9,10)36-42(43)31-51(54)63-50-30-21-41-35-62(11,12)38-49(41)58(50)66(53-20-16-14-18-40(53)2)56-34-48(33-55(65)57(56)63)64(46-26-22-44(23-27-46)59(3,4)5)47-28-24-45(25-29-47)60(6,7)8/h13-34H,35-38H2,1-12H3. The molecule has 2 heterocycles. The Balaban J connectivity index is 1.27. The number of rotatable bonds is 5. The van der Waals surface area contributed by atoms with Crippen LogP contribution in [0.1, 0.15) is 114 Å². The van der Waals surface area contributed by atoms with Gasteiger partial charge in [-0.2, -0.15) is 0 Å². The minimum Gasteiger partial charge on any atom is -0.311 e. The van der Waals surface area contributed by atoms with E-state index in [9.17, 15) is 0 Å². The first-order valence-corrected chi connectivity index (χ1v) is 24.5. The molecule has 0 bridgehead atoms. The topological polar surface area (TPSA) is 9.72 Å². The molecule has 0 saturated carbocycles. The number of hydrogen-bond acceptors (Lipinski definition) is 3. The zero-order valence-electron chi connectivity index (χ0n) is 41.4. The van der Waals surface area contributed by atoms with Gasteiger partial charge < -0.3 is 14.7 Å². The lowest BCUT2D eigenvalue weighted by molar-refractivity contribution is 0.392. The van der Waals surface area contributed by atoms with Crippen molar-refractivity contribution in [3.8, 4) is 0 Å². The summed E-state index contributed by atoms with van der Waals surface area (Å²) in [6, 6.07) is 52.2. The first kappa shape index (κ1) is 42.6. The van der Waals surface area contributed by atoms with E-state index in [0.29, 0.717) is 0 Å². The minimum atomic E-state index is 0.0375. The zero-order chi connectivity index (χ0) is 46.2. The number of fused-ring (bicyclic) bond motifs is 7. The third-order valence-electron chi connectivity index (χ3n) is 15.4. The van der Waals surface area contributed by atoms with Crippen LogP contribution in [0.4, 0.5) is 51.2 Å². The highest BCUT2D eigenvalue weighted by molar-refractivity contribution is 7.00. The summed E-state index contributed by atoms with van der Waals surface area (Å²) >= 11 is 0. The van der Waals surface area contributed by atoms with Crippen molar-refractivity contribution in [2.45, 2.75) is 120 Å². The molecule has 7 aromatic carbocycles. The van der Waals surface area contributed by atoms with Crippen molar-refractivity contribution in [3.05, 3.63) is 178 Å². The van der Waals surface area contributed by atoms with Crippen LogP contribution in [0.5, 0.6) is 0 Å². The van der Waals surface area contributed by atoms with Crippen LogP contribution in [0.3, 0.4) is 0 Å². The van der Waals surface area contributed by atoms with E-state index < -0.39 is 0 Å². The van der Waals surface area contributed by atoms with E-state index in [2.05, 4.69) is 231 Å². The van der Waals surface area contributed by atoms with E-state index in [-0.39, 0.29) is 28.4 Å². The predicted octanol–water partition coefficient (Wildman–Crippen LogP) is 14.7. The minimum absolute atomic E-state index is 0.0375. The van der Waals surface area contributed by atoms with Crippen molar-refractivity contribution in [3.63, 3.8) is 0 Å². The molecule has 0 N–H and O–H groups in total. The van der Waals surface area contributed by atoms with Crippen molar-refractivity contribution in [1.29, 1.82) is 0 Å². The first-order valence-electron chi connectivity index (χ1n) is 24.5. The van der Waals surface area contributed by atoms with E-state index in [1.807, 2.05) is 0 Å². The normalized spacial score (nSPS) is 16.4. The van der Waals surface area contributed by atoms with Gasteiger partial charge in [0.05, 0.1) is 5.69 Å². The summed E-state index contributed by atoms with van der Waals surface area (Å²) in [5.74, 6) is 0. The lowest BCUT2D eigenvalue weighted by Crippen LogP contribution is -2.61. The molecule has 2 aliphatic carbocycles. The van der Waals surface area contributed by atoms with Crippen molar-refractivity contribution < 1.29 is 0 Å². The zero-order valence-corrected chi connectivity index (χ0v) is 41.4. The highest BCUT2D eigenvalue weighted by Gasteiger charge is 2.47. The maximum atomic E-state index is 2.70. The summed E-state index contributed by atoms with van der Waals surface area (Å²) in [7, 11) is 0. The molecule has 0 saturated heterocycles. The molecule has 3 nitrogen and oxygen atoms in total. The van der Waals surface area contributed by atoms with Crippen LogP contribution in [-0.2, 0) is 36.5 Å². The molecule has 2 aliphatic heterocycles. The second kappa shape index (κ2) is 14.8. The van der Waals surface area contributed by atoms with Gasteiger partial charge in [0.2, 0.25) is 0 Å². The highest BCUT2D eigenvalue weighted by atomic mass is 15.2. The van der Waals surface area contributed by atoms with E-state index in [1.165, 1.54) is 95.0 Å². The summed E-state index contributed by atoms with van der Waals surface area (Å²) in [6.45, 7) is 28.3. The quantitative estimate of drug-likeness (QED) is 0.160. The molecule has 4 heteroatoms. The molecule has 0 spiro atoms. The summed E-state index contributed by atoms with van der Waals surface area (Å²) < 4.78 is 0. The van der Waals surface area contributed by atoms with Gasteiger partial charge in [0.25, 0.3) is 6.71 Å². The van der Waals surface area contributed by atoms with E-state index >= 15 is 0 Å². The van der Waals surface area contributed by atoms with Gasteiger partial charge in [-0.05, 0) is 177 Å². The smallest absolute Gasteiger partial charge is 0.252 e. The third kappa shape index (κ3) is 6.92. The Morgan fingerprint density at radius 2 is 0.939 bits per heavy atom. The highest BCUT2D eigenvalue weighted by Crippen LogP contribution is 2.53. The number of hydrogen-bond donors (Lipinski definition) is 0. The Hall–Kier alpha value is -6.00. The van der Waals surface area contributed by atoms with Crippen molar-refractivity contribution in [1.82, 2.24) is 0 Å². The van der Waals surface area contributed by atoms with Gasteiger partial charge in [-0.1, -0.05) is 148 Å². The van der Waals surface area contributed by atoms with Crippen LogP contribution in [0.2, 0.25) is 0 Å². The molecule has 66 heavy (non-hydrogen) atoms. The van der Waals surface area contributed by atoms with Crippen molar-refractivity contribution in [2.75, 3.05) is 14.7 Å². The Labute approximate surface area is 395 Å². The molecular formula is C62H66BN3. The van der Waals surface area contributed by atoms with Gasteiger partial charge in [-0.15, -0.1) is 0 Å². The Bertz CT molecular complexity index is 3030.